The number of nitrogens with one attached hydrogen (secondary N) is 1. The van der Waals surface area contributed by atoms with Crippen molar-refractivity contribution in [3.63, 3.8) is 0 Å². The van der Waals surface area contributed by atoms with Crippen molar-refractivity contribution in [1.29, 1.82) is 0 Å². The van der Waals surface area contributed by atoms with Crippen molar-refractivity contribution in [1.82, 2.24) is 0 Å². The summed E-state index contributed by atoms with van der Waals surface area (Å²) in [6.45, 7) is 4.46. The minimum absolute atomic E-state index is 0.282. The number of unbranched alkanes of at least 4 members (excludes halogenated alkanes) is 1. The lowest BCUT2D eigenvalue weighted by atomic mass is 10.2. The van der Waals surface area contributed by atoms with Gasteiger partial charge in [0.1, 0.15) is 4.88 Å². The van der Waals surface area contributed by atoms with E-state index in [0.717, 1.165) is 41.8 Å². The third-order valence-electron chi connectivity index (χ3n) is 3.12. The van der Waals surface area contributed by atoms with Gasteiger partial charge in [0, 0.05) is 23.5 Å². The van der Waals surface area contributed by atoms with Gasteiger partial charge in [0.25, 0.3) is 0 Å². The van der Waals surface area contributed by atoms with Crippen LogP contribution in [0.25, 0.3) is 10.1 Å². The molecule has 0 aliphatic carbocycles. The minimum atomic E-state index is -0.282. The molecule has 0 atom stereocenters. The number of carbonyl (C=O) groups is 1. The lowest BCUT2D eigenvalue weighted by Gasteiger charge is -2.07. The fourth-order valence-electron chi connectivity index (χ4n) is 1.97. The van der Waals surface area contributed by atoms with Gasteiger partial charge in [-0.05, 0) is 36.1 Å². The number of methoxy groups -OCH3 is 1. The largest absolute Gasteiger partial charge is 0.465 e. The Balaban J connectivity index is 1.91. The number of anilines is 1. The van der Waals surface area contributed by atoms with Gasteiger partial charge < -0.3 is 14.8 Å². The maximum absolute atomic E-state index is 11.5. The zero-order valence-electron chi connectivity index (χ0n) is 12.5. The van der Waals surface area contributed by atoms with Gasteiger partial charge in [-0.25, -0.2) is 4.79 Å². The van der Waals surface area contributed by atoms with Crippen LogP contribution < -0.4 is 5.32 Å². The summed E-state index contributed by atoms with van der Waals surface area (Å²) in [7, 11) is 1.40. The van der Waals surface area contributed by atoms with Crippen LogP contribution in [0.4, 0.5) is 5.69 Å². The molecule has 5 heteroatoms. The Morgan fingerprint density at radius 3 is 2.90 bits per heavy atom. The molecule has 4 nitrogen and oxygen atoms in total. The van der Waals surface area contributed by atoms with Crippen LogP contribution in [0.1, 0.15) is 29.4 Å². The lowest BCUT2D eigenvalue weighted by molar-refractivity contribution is 0.0606. The van der Waals surface area contributed by atoms with E-state index in [9.17, 15) is 4.79 Å². The summed E-state index contributed by atoms with van der Waals surface area (Å²) in [5.41, 5.74) is 1.04. The summed E-state index contributed by atoms with van der Waals surface area (Å²) in [5.74, 6) is -0.282. The SMILES string of the molecule is CCCCOCCNc1ccc2sc(C(=O)OC)cc2c1. The van der Waals surface area contributed by atoms with Crippen LogP contribution in [-0.2, 0) is 9.47 Å². The van der Waals surface area contributed by atoms with E-state index in [2.05, 4.69) is 12.2 Å². The first kappa shape index (κ1) is 15.8. The number of hydrogen-bond acceptors (Lipinski definition) is 5. The molecule has 0 saturated carbocycles. The van der Waals surface area contributed by atoms with E-state index in [-0.39, 0.29) is 5.97 Å². The Kier molecular flexibility index (Phi) is 6.02. The number of rotatable bonds is 8. The molecule has 0 spiro atoms. The molecule has 1 heterocycles. The van der Waals surface area contributed by atoms with Crippen molar-refractivity contribution < 1.29 is 14.3 Å². The first-order valence-electron chi connectivity index (χ1n) is 7.18. The van der Waals surface area contributed by atoms with Crippen molar-refractivity contribution >= 4 is 33.1 Å². The molecule has 0 amide bonds. The third kappa shape index (κ3) is 4.44. The van der Waals surface area contributed by atoms with E-state index < -0.39 is 0 Å². The zero-order valence-corrected chi connectivity index (χ0v) is 13.3. The van der Waals surface area contributed by atoms with Crippen LogP contribution in [0.5, 0.6) is 0 Å². The molecule has 0 unspecified atom stereocenters. The highest BCUT2D eigenvalue weighted by molar-refractivity contribution is 7.20. The molecular weight excluding hydrogens is 286 g/mol. The number of esters is 1. The Morgan fingerprint density at radius 2 is 2.14 bits per heavy atom. The molecule has 1 aromatic carbocycles. The quantitative estimate of drug-likeness (QED) is 0.593. The molecule has 0 radical (unpaired) electrons. The zero-order chi connectivity index (χ0) is 15.1. The van der Waals surface area contributed by atoms with Crippen molar-refractivity contribution in [2.75, 3.05) is 32.2 Å². The molecule has 2 aromatic rings. The fourth-order valence-corrected chi connectivity index (χ4v) is 2.93. The standard InChI is InChI=1S/C16H21NO3S/c1-3-4-8-20-9-7-17-13-5-6-14-12(10-13)11-15(21-14)16(18)19-2/h5-6,10-11,17H,3-4,7-9H2,1-2H3. The summed E-state index contributed by atoms with van der Waals surface area (Å²) in [4.78, 5) is 12.2. The maximum atomic E-state index is 11.5. The number of hydrogen-bond donors (Lipinski definition) is 1. The Morgan fingerprint density at radius 1 is 1.29 bits per heavy atom. The minimum Gasteiger partial charge on any atom is -0.465 e. The maximum Gasteiger partial charge on any atom is 0.348 e. The fraction of sp³-hybridized carbons (Fsp3) is 0.438. The Hall–Kier alpha value is -1.59. The van der Waals surface area contributed by atoms with Gasteiger partial charge in [0.05, 0.1) is 13.7 Å². The molecule has 0 aliphatic heterocycles. The summed E-state index contributed by atoms with van der Waals surface area (Å²) >= 11 is 1.45. The van der Waals surface area contributed by atoms with E-state index in [1.54, 1.807) is 0 Å². The molecule has 0 saturated heterocycles. The van der Waals surface area contributed by atoms with Crippen molar-refractivity contribution in [3.8, 4) is 0 Å². The van der Waals surface area contributed by atoms with Gasteiger partial charge in [0.15, 0.2) is 0 Å². The van der Waals surface area contributed by atoms with Crippen molar-refractivity contribution in [2.24, 2.45) is 0 Å². The summed E-state index contributed by atoms with van der Waals surface area (Å²) in [6, 6.07) is 7.96. The highest BCUT2D eigenvalue weighted by Crippen LogP contribution is 2.28. The second-order valence-electron chi connectivity index (χ2n) is 4.75. The average molecular weight is 307 g/mol. The highest BCUT2D eigenvalue weighted by Gasteiger charge is 2.10. The Labute approximate surface area is 129 Å². The van der Waals surface area contributed by atoms with Crippen molar-refractivity contribution in [3.05, 3.63) is 29.1 Å². The number of thiophene rings is 1. The number of ether oxygens (including phenoxy) is 2. The number of carbonyl (C=O) groups excluding carboxylic acids is 1. The topological polar surface area (TPSA) is 47.6 Å². The first-order chi connectivity index (χ1) is 10.2. The molecular formula is C16H21NO3S. The second kappa shape index (κ2) is 8.00. The van der Waals surface area contributed by atoms with Crippen LogP contribution in [0.2, 0.25) is 0 Å². The molecule has 0 bridgehead atoms. The number of benzene rings is 1. The van der Waals surface area contributed by atoms with Crippen LogP contribution in [0, 0.1) is 0 Å². The molecule has 1 N–H and O–H groups in total. The second-order valence-corrected chi connectivity index (χ2v) is 5.83. The van der Waals surface area contributed by atoms with Gasteiger partial charge in [-0.1, -0.05) is 13.3 Å². The van der Waals surface area contributed by atoms with Gasteiger partial charge in [0.2, 0.25) is 0 Å². The summed E-state index contributed by atoms with van der Waals surface area (Å²) < 4.78 is 11.3. The van der Waals surface area contributed by atoms with Crippen LogP contribution in [-0.4, -0.2) is 32.8 Å². The van der Waals surface area contributed by atoms with Crippen molar-refractivity contribution in [2.45, 2.75) is 19.8 Å². The molecule has 0 aliphatic rings. The van der Waals surface area contributed by atoms with Gasteiger partial charge in [-0.2, -0.15) is 0 Å². The molecule has 2 rings (SSSR count). The van der Waals surface area contributed by atoms with E-state index in [1.165, 1.54) is 18.4 Å². The van der Waals surface area contributed by atoms with Crippen LogP contribution in [0.15, 0.2) is 24.3 Å². The van der Waals surface area contributed by atoms with Crippen LogP contribution >= 0.6 is 11.3 Å². The summed E-state index contributed by atoms with van der Waals surface area (Å²) in [5, 5.41) is 4.38. The first-order valence-corrected chi connectivity index (χ1v) is 7.99. The normalized spacial score (nSPS) is 10.8. The smallest absolute Gasteiger partial charge is 0.348 e. The third-order valence-corrected chi connectivity index (χ3v) is 4.22. The molecule has 21 heavy (non-hydrogen) atoms. The molecule has 114 valence electrons. The predicted octanol–water partition coefficient (Wildman–Crippen LogP) is 3.92. The average Bonchev–Trinajstić information content (AvgIpc) is 2.93. The van der Waals surface area contributed by atoms with Gasteiger partial charge >= 0.3 is 5.97 Å². The van der Waals surface area contributed by atoms with Crippen LogP contribution in [0.3, 0.4) is 0 Å². The van der Waals surface area contributed by atoms with E-state index in [0.29, 0.717) is 11.5 Å². The predicted molar refractivity (Wildman–Crippen MR) is 87.4 cm³/mol. The van der Waals surface area contributed by atoms with Gasteiger partial charge in [-0.3, -0.25) is 0 Å². The summed E-state index contributed by atoms with van der Waals surface area (Å²) in [6.07, 6.45) is 2.27. The monoisotopic (exact) mass is 307 g/mol. The van der Waals surface area contributed by atoms with Gasteiger partial charge in [-0.15, -0.1) is 11.3 Å². The lowest BCUT2D eigenvalue weighted by Crippen LogP contribution is -2.09. The molecule has 1 aromatic heterocycles. The van der Waals surface area contributed by atoms with E-state index in [1.807, 2.05) is 24.3 Å². The Bertz CT molecular complexity index is 594. The van der Waals surface area contributed by atoms with E-state index >= 15 is 0 Å². The highest BCUT2D eigenvalue weighted by atomic mass is 32.1. The van der Waals surface area contributed by atoms with E-state index in [4.69, 9.17) is 9.47 Å². The molecule has 0 fully saturated rings. The number of fused-ring (bicyclic) bond motifs is 1.